The summed E-state index contributed by atoms with van der Waals surface area (Å²) < 4.78 is 6.98. The van der Waals surface area contributed by atoms with Gasteiger partial charge in [-0.25, -0.2) is 4.79 Å². The molecule has 2 aromatic heterocycles. The van der Waals surface area contributed by atoms with Crippen LogP contribution in [-0.4, -0.2) is 28.3 Å². The monoisotopic (exact) mass is 456 g/mol. The zero-order chi connectivity index (χ0) is 23.0. The number of benzene rings is 2. The summed E-state index contributed by atoms with van der Waals surface area (Å²) in [5.74, 6) is -1.07. The summed E-state index contributed by atoms with van der Waals surface area (Å²) in [6, 6.07) is 22.6. The lowest BCUT2D eigenvalue weighted by atomic mass is 10.1. The van der Waals surface area contributed by atoms with E-state index >= 15 is 0 Å². The van der Waals surface area contributed by atoms with Gasteiger partial charge in [0.25, 0.3) is 5.91 Å². The zero-order valence-corrected chi connectivity index (χ0v) is 18.4. The molecule has 0 atom stereocenters. The minimum atomic E-state index is -0.614. The van der Waals surface area contributed by atoms with Gasteiger partial charge in [0, 0.05) is 11.9 Å². The number of esters is 1. The summed E-state index contributed by atoms with van der Waals surface area (Å²) in [5.41, 5.74) is 3.31. The molecule has 0 fully saturated rings. The van der Waals surface area contributed by atoms with Crippen molar-refractivity contribution in [1.29, 1.82) is 5.26 Å². The maximum atomic E-state index is 12.8. The standard InChI is InChI=1S/C25H20N4O3S/c26-13-12-18-8-10-20(11-9-18)27-23(30)17-32-25(31)21-16-29(15-19-5-2-1-3-6-19)28-24(21)22-7-4-14-33-22/h1-11,14,16H,12,15,17H2,(H,27,30). The van der Waals surface area contributed by atoms with Crippen molar-refractivity contribution < 1.29 is 14.3 Å². The van der Waals surface area contributed by atoms with Crippen molar-refractivity contribution in [2.75, 3.05) is 11.9 Å². The number of hydrogen-bond donors (Lipinski definition) is 1. The van der Waals surface area contributed by atoms with Gasteiger partial charge in [0.15, 0.2) is 6.61 Å². The molecular formula is C25H20N4O3S. The first kappa shape index (κ1) is 22.0. The van der Waals surface area contributed by atoms with Crippen LogP contribution in [0.3, 0.4) is 0 Å². The van der Waals surface area contributed by atoms with Crippen molar-refractivity contribution in [2.45, 2.75) is 13.0 Å². The number of rotatable bonds is 8. The molecule has 7 nitrogen and oxygen atoms in total. The summed E-state index contributed by atoms with van der Waals surface area (Å²) in [5, 5.41) is 17.9. The van der Waals surface area contributed by atoms with Crippen molar-refractivity contribution in [3.8, 4) is 16.6 Å². The number of anilines is 1. The molecule has 0 aliphatic rings. The van der Waals surface area contributed by atoms with Gasteiger partial charge in [0.1, 0.15) is 11.3 Å². The highest BCUT2D eigenvalue weighted by atomic mass is 32.1. The van der Waals surface area contributed by atoms with Gasteiger partial charge in [0.05, 0.1) is 23.9 Å². The van der Waals surface area contributed by atoms with E-state index in [1.165, 1.54) is 11.3 Å². The Balaban J connectivity index is 1.43. The van der Waals surface area contributed by atoms with Crippen LogP contribution >= 0.6 is 11.3 Å². The van der Waals surface area contributed by atoms with Crippen molar-refractivity contribution in [2.24, 2.45) is 0 Å². The summed E-state index contributed by atoms with van der Waals surface area (Å²) in [6.45, 7) is 0.0846. The van der Waals surface area contributed by atoms with Crippen molar-refractivity contribution >= 4 is 28.9 Å². The smallest absolute Gasteiger partial charge is 0.342 e. The van der Waals surface area contributed by atoms with E-state index in [1.807, 2.05) is 47.8 Å². The number of thiophene rings is 1. The highest BCUT2D eigenvalue weighted by Crippen LogP contribution is 2.27. The molecule has 0 aliphatic heterocycles. The van der Waals surface area contributed by atoms with Crippen LogP contribution in [0.1, 0.15) is 21.5 Å². The SMILES string of the molecule is N#CCc1ccc(NC(=O)COC(=O)c2cn(Cc3ccccc3)nc2-c2cccs2)cc1. The van der Waals surface area contributed by atoms with Crippen LogP contribution in [0.2, 0.25) is 0 Å². The van der Waals surface area contributed by atoms with Gasteiger partial charge in [-0.1, -0.05) is 48.5 Å². The molecule has 164 valence electrons. The number of aromatic nitrogens is 2. The van der Waals surface area contributed by atoms with E-state index in [4.69, 9.17) is 10.00 Å². The van der Waals surface area contributed by atoms with E-state index in [1.54, 1.807) is 35.1 Å². The fourth-order valence-corrected chi connectivity index (χ4v) is 3.94. The predicted octanol–water partition coefficient (Wildman–Crippen LogP) is 4.52. The molecule has 0 saturated carbocycles. The number of amides is 1. The van der Waals surface area contributed by atoms with Crippen LogP contribution in [-0.2, 0) is 22.5 Å². The molecule has 2 heterocycles. The molecule has 0 radical (unpaired) electrons. The first-order valence-electron chi connectivity index (χ1n) is 10.2. The number of hydrogen-bond acceptors (Lipinski definition) is 6. The Morgan fingerprint density at radius 2 is 1.82 bits per heavy atom. The van der Waals surface area contributed by atoms with Crippen LogP contribution in [0.15, 0.2) is 78.3 Å². The van der Waals surface area contributed by atoms with E-state index in [2.05, 4.69) is 16.5 Å². The molecule has 0 aliphatic carbocycles. The number of nitrogens with zero attached hydrogens (tertiary/aromatic N) is 3. The molecule has 0 unspecified atom stereocenters. The highest BCUT2D eigenvalue weighted by molar-refractivity contribution is 7.13. The summed E-state index contributed by atoms with van der Waals surface area (Å²) in [7, 11) is 0. The van der Waals surface area contributed by atoms with Crippen LogP contribution in [0, 0.1) is 11.3 Å². The van der Waals surface area contributed by atoms with Crippen LogP contribution < -0.4 is 5.32 Å². The highest BCUT2D eigenvalue weighted by Gasteiger charge is 2.21. The minimum absolute atomic E-state index is 0.302. The largest absolute Gasteiger partial charge is 0.452 e. The minimum Gasteiger partial charge on any atom is -0.452 e. The quantitative estimate of drug-likeness (QED) is 0.393. The number of nitriles is 1. The molecule has 0 saturated heterocycles. The lowest BCUT2D eigenvalue weighted by Crippen LogP contribution is -2.21. The molecule has 1 amide bonds. The normalized spacial score (nSPS) is 10.4. The summed E-state index contributed by atoms with van der Waals surface area (Å²) >= 11 is 1.47. The number of nitrogens with one attached hydrogen (secondary N) is 1. The number of carbonyl (C=O) groups excluding carboxylic acids is 2. The van der Waals surface area contributed by atoms with E-state index in [9.17, 15) is 9.59 Å². The second-order valence-electron chi connectivity index (χ2n) is 7.21. The third kappa shape index (κ3) is 5.73. The average molecular weight is 457 g/mol. The third-order valence-electron chi connectivity index (χ3n) is 4.78. The molecule has 0 bridgehead atoms. The van der Waals surface area contributed by atoms with E-state index < -0.39 is 18.5 Å². The van der Waals surface area contributed by atoms with Gasteiger partial charge < -0.3 is 10.1 Å². The zero-order valence-electron chi connectivity index (χ0n) is 17.6. The first-order valence-corrected chi connectivity index (χ1v) is 11.1. The Labute approximate surface area is 194 Å². The molecule has 33 heavy (non-hydrogen) atoms. The lowest BCUT2D eigenvalue weighted by molar-refractivity contribution is -0.119. The molecule has 4 aromatic rings. The average Bonchev–Trinajstić information content (AvgIpc) is 3.50. The number of carbonyl (C=O) groups is 2. The Kier molecular flexibility index (Phi) is 6.93. The molecule has 4 rings (SSSR count). The van der Waals surface area contributed by atoms with Gasteiger partial charge in [-0.15, -0.1) is 11.3 Å². The van der Waals surface area contributed by atoms with E-state index in [0.717, 1.165) is 16.0 Å². The first-order chi connectivity index (χ1) is 16.1. The molecule has 8 heteroatoms. The third-order valence-corrected chi connectivity index (χ3v) is 5.66. The lowest BCUT2D eigenvalue weighted by Gasteiger charge is -2.07. The van der Waals surface area contributed by atoms with Gasteiger partial charge in [0.2, 0.25) is 0 Å². The van der Waals surface area contributed by atoms with Crippen LogP contribution in [0.4, 0.5) is 5.69 Å². The topological polar surface area (TPSA) is 97.0 Å². The molecule has 2 aromatic carbocycles. The van der Waals surface area contributed by atoms with Crippen LogP contribution in [0.25, 0.3) is 10.6 Å². The molecular weight excluding hydrogens is 436 g/mol. The Bertz CT molecular complexity index is 1270. The number of ether oxygens (including phenoxy) is 1. The second kappa shape index (κ2) is 10.4. The van der Waals surface area contributed by atoms with Gasteiger partial charge in [-0.2, -0.15) is 10.4 Å². The van der Waals surface area contributed by atoms with Gasteiger partial charge >= 0.3 is 5.97 Å². The Morgan fingerprint density at radius 1 is 1.03 bits per heavy atom. The van der Waals surface area contributed by atoms with Crippen molar-refractivity contribution in [3.63, 3.8) is 0 Å². The Hall–Kier alpha value is -4.22. The molecule has 0 spiro atoms. The van der Waals surface area contributed by atoms with E-state index in [0.29, 0.717) is 29.9 Å². The van der Waals surface area contributed by atoms with Crippen molar-refractivity contribution in [1.82, 2.24) is 9.78 Å². The maximum absolute atomic E-state index is 12.8. The maximum Gasteiger partial charge on any atom is 0.342 e. The van der Waals surface area contributed by atoms with Crippen molar-refractivity contribution in [3.05, 3.63) is 95.0 Å². The van der Waals surface area contributed by atoms with Crippen LogP contribution in [0.5, 0.6) is 0 Å². The molecule has 1 N–H and O–H groups in total. The summed E-state index contributed by atoms with van der Waals surface area (Å²) in [6.07, 6.45) is 1.95. The van der Waals surface area contributed by atoms with Gasteiger partial charge in [-0.3, -0.25) is 9.48 Å². The predicted molar refractivity (Wildman–Crippen MR) is 126 cm³/mol. The van der Waals surface area contributed by atoms with E-state index in [-0.39, 0.29) is 0 Å². The second-order valence-corrected chi connectivity index (χ2v) is 8.16. The summed E-state index contributed by atoms with van der Waals surface area (Å²) in [4.78, 5) is 25.9. The Morgan fingerprint density at radius 3 is 2.52 bits per heavy atom. The van der Waals surface area contributed by atoms with Gasteiger partial charge in [-0.05, 0) is 34.7 Å². The fourth-order valence-electron chi connectivity index (χ4n) is 3.22. The fraction of sp³-hybridized carbons (Fsp3) is 0.120.